The minimum absolute atomic E-state index is 1.11. The second kappa shape index (κ2) is 6.50. The van der Waals surface area contributed by atoms with Gasteiger partial charge in [0, 0.05) is 4.47 Å². The molecule has 0 nitrogen and oxygen atoms in total. The fourth-order valence-electron chi connectivity index (χ4n) is 3.43. The molecule has 0 bridgehead atoms. The van der Waals surface area contributed by atoms with Crippen molar-refractivity contribution < 1.29 is 0 Å². The zero-order valence-electron chi connectivity index (χ0n) is 14.4. The van der Waals surface area contributed by atoms with Gasteiger partial charge in [0.25, 0.3) is 0 Å². The molecule has 4 aromatic rings. The van der Waals surface area contributed by atoms with Crippen LogP contribution < -0.4 is 0 Å². The summed E-state index contributed by atoms with van der Waals surface area (Å²) >= 11 is 3.64. The van der Waals surface area contributed by atoms with E-state index in [1.165, 1.54) is 44.2 Å². The van der Waals surface area contributed by atoms with Crippen LogP contribution in [0.2, 0.25) is 0 Å². The third kappa shape index (κ3) is 3.01. The predicted octanol–water partition coefficient (Wildman–Crippen LogP) is 7.55. The number of benzene rings is 4. The fourth-order valence-corrected chi connectivity index (χ4v) is 3.79. The standard InChI is InChI=1S/C24H19Br/c1-16-8-10-19(11-9-16)22-15-23(18-6-4-3-5-7-18)24-14-20(25)12-13-21(24)17(22)2/h3-15H,1-2H3. The highest BCUT2D eigenvalue weighted by molar-refractivity contribution is 9.10. The molecule has 0 aliphatic heterocycles. The van der Waals surface area contributed by atoms with Gasteiger partial charge in [-0.15, -0.1) is 0 Å². The van der Waals surface area contributed by atoms with E-state index in [1.807, 2.05) is 0 Å². The van der Waals surface area contributed by atoms with Crippen LogP contribution in [-0.2, 0) is 0 Å². The van der Waals surface area contributed by atoms with Crippen LogP contribution in [0.25, 0.3) is 33.0 Å². The quantitative estimate of drug-likeness (QED) is 0.333. The molecule has 0 radical (unpaired) electrons. The molecule has 0 fully saturated rings. The summed E-state index contributed by atoms with van der Waals surface area (Å²) in [5.41, 5.74) is 7.70. The first kappa shape index (κ1) is 16.1. The van der Waals surface area contributed by atoms with Gasteiger partial charge in [0.1, 0.15) is 0 Å². The van der Waals surface area contributed by atoms with Crippen molar-refractivity contribution in [1.82, 2.24) is 0 Å². The molecule has 0 amide bonds. The molecule has 0 saturated heterocycles. The molecular weight excluding hydrogens is 368 g/mol. The summed E-state index contributed by atoms with van der Waals surface area (Å²) in [7, 11) is 0. The molecule has 0 aliphatic carbocycles. The van der Waals surface area contributed by atoms with Crippen molar-refractivity contribution in [3.63, 3.8) is 0 Å². The smallest absolute Gasteiger partial charge is 0.0181 e. The van der Waals surface area contributed by atoms with Crippen molar-refractivity contribution in [2.75, 3.05) is 0 Å². The van der Waals surface area contributed by atoms with Crippen molar-refractivity contribution in [3.05, 3.63) is 94.5 Å². The minimum Gasteiger partial charge on any atom is -0.0622 e. The van der Waals surface area contributed by atoms with Crippen LogP contribution in [0, 0.1) is 13.8 Å². The summed E-state index contributed by atoms with van der Waals surface area (Å²) in [5.74, 6) is 0. The Balaban J connectivity index is 2.07. The van der Waals surface area contributed by atoms with E-state index in [0.29, 0.717) is 0 Å². The maximum atomic E-state index is 3.64. The number of rotatable bonds is 2. The molecule has 0 aliphatic rings. The van der Waals surface area contributed by atoms with Crippen LogP contribution in [-0.4, -0.2) is 0 Å². The van der Waals surface area contributed by atoms with Gasteiger partial charge in [-0.25, -0.2) is 0 Å². The highest BCUT2D eigenvalue weighted by Gasteiger charge is 2.12. The van der Waals surface area contributed by atoms with Crippen LogP contribution in [0.15, 0.2) is 83.3 Å². The number of halogens is 1. The lowest BCUT2D eigenvalue weighted by molar-refractivity contribution is 1.45. The number of aryl methyl sites for hydroxylation is 2. The molecular formula is C24H19Br. The van der Waals surface area contributed by atoms with Crippen LogP contribution in [0.3, 0.4) is 0 Å². The SMILES string of the molecule is Cc1ccc(-c2cc(-c3ccccc3)c3cc(Br)ccc3c2C)cc1. The van der Waals surface area contributed by atoms with Gasteiger partial charge in [0.05, 0.1) is 0 Å². The molecule has 0 atom stereocenters. The van der Waals surface area contributed by atoms with Gasteiger partial charge < -0.3 is 0 Å². The third-order valence-corrected chi connectivity index (χ3v) is 5.31. The molecule has 122 valence electrons. The van der Waals surface area contributed by atoms with Gasteiger partial charge >= 0.3 is 0 Å². The van der Waals surface area contributed by atoms with E-state index in [2.05, 4.69) is 109 Å². The van der Waals surface area contributed by atoms with Gasteiger partial charge in [0.2, 0.25) is 0 Å². The van der Waals surface area contributed by atoms with Gasteiger partial charge in [-0.1, -0.05) is 82.2 Å². The predicted molar refractivity (Wildman–Crippen MR) is 112 cm³/mol. The van der Waals surface area contributed by atoms with E-state index in [-0.39, 0.29) is 0 Å². The average molecular weight is 387 g/mol. The molecule has 4 rings (SSSR count). The molecule has 0 spiro atoms. The Kier molecular flexibility index (Phi) is 4.19. The van der Waals surface area contributed by atoms with E-state index < -0.39 is 0 Å². The van der Waals surface area contributed by atoms with Crippen molar-refractivity contribution in [1.29, 1.82) is 0 Å². The number of hydrogen-bond acceptors (Lipinski definition) is 0. The summed E-state index contributed by atoms with van der Waals surface area (Å²) in [5, 5.41) is 2.59. The fraction of sp³-hybridized carbons (Fsp3) is 0.0833. The summed E-state index contributed by atoms with van der Waals surface area (Å²) < 4.78 is 1.11. The Morgan fingerprint density at radius 1 is 0.600 bits per heavy atom. The lowest BCUT2D eigenvalue weighted by Gasteiger charge is -2.16. The largest absolute Gasteiger partial charge is 0.0622 e. The van der Waals surface area contributed by atoms with E-state index in [4.69, 9.17) is 0 Å². The normalized spacial score (nSPS) is 11.0. The molecule has 0 aromatic heterocycles. The molecule has 0 heterocycles. The maximum absolute atomic E-state index is 3.64. The summed E-state index contributed by atoms with van der Waals surface area (Å²) in [4.78, 5) is 0. The molecule has 0 saturated carbocycles. The van der Waals surface area contributed by atoms with Crippen molar-refractivity contribution in [3.8, 4) is 22.3 Å². The highest BCUT2D eigenvalue weighted by Crippen LogP contribution is 2.38. The first-order chi connectivity index (χ1) is 12.1. The average Bonchev–Trinajstić information content (AvgIpc) is 2.64. The van der Waals surface area contributed by atoms with E-state index in [0.717, 1.165) is 4.47 Å². The van der Waals surface area contributed by atoms with E-state index >= 15 is 0 Å². The minimum atomic E-state index is 1.11. The lowest BCUT2D eigenvalue weighted by atomic mass is 9.89. The van der Waals surface area contributed by atoms with Crippen LogP contribution >= 0.6 is 15.9 Å². The number of fused-ring (bicyclic) bond motifs is 1. The molecule has 4 aromatic carbocycles. The molecule has 1 heteroatoms. The Labute approximate surface area is 157 Å². The molecule has 0 unspecified atom stereocenters. The van der Waals surface area contributed by atoms with Crippen molar-refractivity contribution >= 4 is 26.7 Å². The Bertz CT molecular complexity index is 1040. The zero-order valence-corrected chi connectivity index (χ0v) is 16.0. The van der Waals surface area contributed by atoms with E-state index in [1.54, 1.807) is 0 Å². The molecule has 25 heavy (non-hydrogen) atoms. The van der Waals surface area contributed by atoms with Crippen LogP contribution in [0.5, 0.6) is 0 Å². The van der Waals surface area contributed by atoms with Gasteiger partial charge in [0.15, 0.2) is 0 Å². The Morgan fingerprint density at radius 2 is 1.28 bits per heavy atom. The second-order valence-corrected chi connectivity index (χ2v) is 7.43. The topological polar surface area (TPSA) is 0 Å². The summed E-state index contributed by atoms with van der Waals surface area (Å²) in [6.07, 6.45) is 0. The van der Waals surface area contributed by atoms with E-state index in [9.17, 15) is 0 Å². The van der Waals surface area contributed by atoms with Crippen molar-refractivity contribution in [2.45, 2.75) is 13.8 Å². The molecule has 0 N–H and O–H groups in total. The van der Waals surface area contributed by atoms with Crippen LogP contribution in [0.4, 0.5) is 0 Å². The Morgan fingerprint density at radius 3 is 2.00 bits per heavy atom. The van der Waals surface area contributed by atoms with Crippen LogP contribution in [0.1, 0.15) is 11.1 Å². The monoisotopic (exact) mass is 386 g/mol. The number of hydrogen-bond donors (Lipinski definition) is 0. The zero-order chi connectivity index (χ0) is 17.4. The maximum Gasteiger partial charge on any atom is 0.0181 e. The highest BCUT2D eigenvalue weighted by atomic mass is 79.9. The van der Waals surface area contributed by atoms with Gasteiger partial charge in [-0.05, 0) is 70.6 Å². The first-order valence-corrected chi connectivity index (χ1v) is 9.28. The summed E-state index contributed by atoms with van der Waals surface area (Å²) in [6.45, 7) is 4.35. The van der Waals surface area contributed by atoms with Gasteiger partial charge in [-0.2, -0.15) is 0 Å². The van der Waals surface area contributed by atoms with Crippen molar-refractivity contribution in [2.24, 2.45) is 0 Å². The third-order valence-electron chi connectivity index (χ3n) is 4.82. The summed E-state index contributed by atoms with van der Waals surface area (Å²) in [6, 6.07) is 28.4. The Hall–Kier alpha value is -2.38. The van der Waals surface area contributed by atoms with Gasteiger partial charge in [-0.3, -0.25) is 0 Å². The second-order valence-electron chi connectivity index (χ2n) is 6.52. The lowest BCUT2D eigenvalue weighted by Crippen LogP contribution is -1.90. The first-order valence-electron chi connectivity index (χ1n) is 8.49.